The van der Waals surface area contributed by atoms with E-state index in [1.165, 1.54) is 0 Å². The van der Waals surface area contributed by atoms with E-state index < -0.39 is 42.3 Å². The Morgan fingerprint density at radius 2 is 1.75 bits per heavy atom. The van der Waals surface area contributed by atoms with E-state index >= 15 is 0 Å². The summed E-state index contributed by atoms with van der Waals surface area (Å²) in [4.78, 5) is 11.9. The molecule has 0 heterocycles. The number of benzene rings is 1. The van der Waals surface area contributed by atoms with Gasteiger partial charge in [-0.15, -0.1) is 0 Å². The molecule has 24 heavy (non-hydrogen) atoms. The molecule has 136 valence electrons. The Labute approximate surface area is 139 Å². The van der Waals surface area contributed by atoms with Crippen LogP contribution in [0.15, 0.2) is 18.2 Å². The molecule has 3 nitrogen and oxygen atoms in total. The first kappa shape index (κ1) is 20.4. The number of nitrogens with one attached hydrogen (secondary N) is 2. The van der Waals surface area contributed by atoms with Gasteiger partial charge in [-0.25, -0.2) is 0 Å². The smallest absolute Gasteiger partial charge is 0.372 e. The lowest BCUT2D eigenvalue weighted by atomic mass is 10.0. The summed E-state index contributed by atoms with van der Waals surface area (Å²) in [6.45, 7) is 1.64. The first-order chi connectivity index (χ1) is 10.8. The quantitative estimate of drug-likeness (QED) is 0.744. The number of hydrogen-bond donors (Lipinski definition) is 2. The Morgan fingerprint density at radius 3 is 2.17 bits per heavy atom. The highest BCUT2D eigenvalue weighted by atomic mass is 35.5. The van der Waals surface area contributed by atoms with Gasteiger partial charge in [-0.1, -0.05) is 25.4 Å². The number of amides is 1. The van der Waals surface area contributed by atoms with Crippen LogP contribution in [0.5, 0.6) is 0 Å². The minimum atomic E-state index is -4.58. The van der Waals surface area contributed by atoms with Gasteiger partial charge < -0.3 is 10.6 Å². The minimum absolute atomic E-state index is 0.0190. The maximum Gasteiger partial charge on any atom is 0.416 e. The first-order valence-corrected chi connectivity index (χ1v) is 7.17. The molecule has 0 saturated carbocycles. The van der Waals surface area contributed by atoms with Gasteiger partial charge in [0.2, 0.25) is 5.91 Å². The van der Waals surface area contributed by atoms with Crippen LogP contribution in [0.25, 0.3) is 0 Å². The number of hydrogen-bond acceptors (Lipinski definition) is 2. The van der Waals surface area contributed by atoms with E-state index in [0.717, 1.165) is 12.1 Å². The summed E-state index contributed by atoms with van der Waals surface area (Å²) in [5.74, 6) is -1.37. The van der Waals surface area contributed by atoms with Crippen LogP contribution >= 0.6 is 11.6 Å². The number of halogens is 7. The predicted octanol–water partition coefficient (Wildman–Crippen LogP) is 4.47. The van der Waals surface area contributed by atoms with Crippen molar-refractivity contribution < 1.29 is 31.1 Å². The highest BCUT2D eigenvalue weighted by Crippen LogP contribution is 2.34. The molecule has 2 N–H and O–H groups in total. The van der Waals surface area contributed by atoms with E-state index in [0.29, 0.717) is 6.07 Å². The normalized spacial score (nSPS) is 13.8. The van der Waals surface area contributed by atoms with Crippen molar-refractivity contribution in [3.05, 3.63) is 28.8 Å². The molecule has 0 unspecified atom stereocenters. The number of carbonyl (C=O) groups is 1. The van der Waals surface area contributed by atoms with E-state index in [9.17, 15) is 31.1 Å². The first-order valence-electron chi connectivity index (χ1n) is 6.79. The van der Waals surface area contributed by atoms with E-state index in [1.54, 1.807) is 19.2 Å². The SMILES string of the molecule is CC(C)[C@H](Nc1ccc(C(F)(F)F)cc1Cl)C(=O)NCC(F)(F)F. The second-order valence-corrected chi connectivity index (χ2v) is 5.80. The maximum atomic E-state index is 12.6. The van der Waals surface area contributed by atoms with Crippen molar-refractivity contribution >= 4 is 23.2 Å². The van der Waals surface area contributed by atoms with Crippen LogP contribution in [0, 0.1) is 5.92 Å². The van der Waals surface area contributed by atoms with Gasteiger partial charge in [0.15, 0.2) is 0 Å². The molecule has 0 saturated heterocycles. The number of carbonyl (C=O) groups excluding carboxylic acids is 1. The molecule has 0 spiro atoms. The van der Waals surface area contributed by atoms with Crippen molar-refractivity contribution in [3.8, 4) is 0 Å². The third-order valence-corrected chi connectivity index (χ3v) is 3.33. The van der Waals surface area contributed by atoms with E-state index in [4.69, 9.17) is 11.6 Å². The van der Waals surface area contributed by atoms with Crippen molar-refractivity contribution in [2.24, 2.45) is 5.92 Å². The molecule has 10 heteroatoms. The summed E-state index contributed by atoms with van der Waals surface area (Å²) in [7, 11) is 0. The topological polar surface area (TPSA) is 41.1 Å². The van der Waals surface area contributed by atoms with Crippen molar-refractivity contribution in [3.63, 3.8) is 0 Å². The van der Waals surface area contributed by atoms with Crippen LogP contribution < -0.4 is 10.6 Å². The van der Waals surface area contributed by atoms with Crippen LogP contribution in [0.3, 0.4) is 0 Å². The number of alkyl halides is 6. The van der Waals surface area contributed by atoms with Gasteiger partial charge in [-0.05, 0) is 24.1 Å². The maximum absolute atomic E-state index is 12.6. The van der Waals surface area contributed by atoms with Gasteiger partial charge in [0.1, 0.15) is 12.6 Å². The second kappa shape index (κ2) is 7.50. The third kappa shape index (κ3) is 6.10. The Balaban J connectivity index is 2.91. The van der Waals surface area contributed by atoms with Gasteiger partial charge in [-0.3, -0.25) is 4.79 Å². The van der Waals surface area contributed by atoms with Crippen LogP contribution in [0.4, 0.5) is 32.0 Å². The summed E-state index contributed by atoms with van der Waals surface area (Å²) in [6.07, 6.45) is -9.15. The van der Waals surface area contributed by atoms with Gasteiger partial charge in [0, 0.05) is 0 Å². The molecule has 1 aromatic rings. The molecule has 0 aliphatic rings. The highest BCUT2D eigenvalue weighted by molar-refractivity contribution is 6.33. The van der Waals surface area contributed by atoms with Gasteiger partial charge in [0.25, 0.3) is 0 Å². The summed E-state index contributed by atoms with van der Waals surface area (Å²) in [5.41, 5.74) is -0.953. The average molecular weight is 377 g/mol. The number of anilines is 1. The fraction of sp³-hybridized carbons (Fsp3) is 0.500. The zero-order chi connectivity index (χ0) is 18.7. The average Bonchev–Trinajstić information content (AvgIpc) is 2.41. The lowest BCUT2D eigenvalue weighted by molar-refractivity contribution is -0.139. The molecule has 0 fully saturated rings. The molecule has 0 radical (unpaired) electrons. The lowest BCUT2D eigenvalue weighted by Crippen LogP contribution is -2.46. The zero-order valence-electron chi connectivity index (χ0n) is 12.6. The molecule has 0 aliphatic carbocycles. The van der Waals surface area contributed by atoms with Crippen LogP contribution in [-0.2, 0) is 11.0 Å². The summed E-state index contributed by atoms with van der Waals surface area (Å²) in [6, 6.07) is 1.37. The van der Waals surface area contributed by atoms with Crippen molar-refractivity contribution in [2.45, 2.75) is 32.2 Å². The molecule has 1 amide bonds. The van der Waals surface area contributed by atoms with E-state index in [2.05, 4.69) is 5.32 Å². The van der Waals surface area contributed by atoms with Gasteiger partial charge in [-0.2, -0.15) is 26.3 Å². The molecule has 0 aliphatic heterocycles. The van der Waals surface area contributed by atoms with Gasteiger partial charge >= 0.3 is 12.4 Å². The fourth-order valence-electron chi connectivity index (χ4n) is 1.81. The Hall–Kier alpha value is -1.64. The van der Waals surface area contributed by atoms with Crippen molar-refractivity contribution in [1.82, 2.24) is 5.32 Å². The largest absolute Gasteiger partial charge is 0.416 e. The molecule has 1 atom stereocenters. The van der Waals surface area contributed by atoms with E-state index in [-0.39, 0.29) is 10.7 Å². The molecular weight excluding hydrogens is 362 g/mol. The second-order valence-electron chi connectivity index (χ2n) is 5.39. The summed E-state index contributed by atoms with van der Waals surface area (Å²) >= 11 is 5.76. The Bertz CT molecular complexity index is 586. The number of rotatable bonds is 5. The zero-order valence-corrected chi connectivity index (χ0v) is 13.4. The van der Waals surface area contributed by atoms with Crippen molar-refractivity contribution in [1.29, 1.82) is 0 Å². The predicted molar refractivity (Wildman–Crippen MR) is 77.8 cm³/mol. The minimum Gasteiger partial charge on any atom is -0.372 e. The van der Waals surface area contributed by atoms with Crippen molar-refractivity contribution in [2.75, 3.05) is 11.9 Å². The van der Waals surface area contributed by atoms with Crippen LogP contribution in [0.1, 0.15) is 19.4 Å². The monoisotopic (exact) mass is 376 g/mol. The third-order valence-electron chi connectivity index (χ3n) is 3.02. The van der Waals surface area contributed by atoms with Gasteiger partial charge in [0.05, 0.1) is 16.3 Å². The highest BCUT2D eigenvalue weighted by Gasteiger charge is 2.32. The van der Waals surface area contributed by atoms with E-state index in [1.807, 2.05) is 0 Å². The molecule has 1 aromatic carbocycles. The Morgan fingerprint density at radius 1 is 1.17 bits per heavy atom. The fourth-order valence-corrected chi connectivity index (χ4v) is 2.04. The molecule has 0 aromatic heterocycles. The molecule has 1 rings (SSSR count). The van der Waals surface area contributed by atoms with Crippen LogP contribution in [0.2, 0.25) is 5.02 Å². The Kier molecular flexibility index (Phi) is 6.38. The molecular formula is C14H15ClF6N2O. The summed E-state index contributed by atoms with van der Waals surface area (Å²) < 4.78 is 74.2. The molecule has 0 bridgehead atoms. The van der Waals surface area contributed by atoms with Crippen LogP contribution in [-0.4, -0.2) is 24.7 Å². The summed E-state index contributed by atoms with van der Waals surface area (Å²) in [5, 5.41) is 4.02. The standard InChI is InChI=1S/C14H15ClF6N2O/c1-7(2)11(12(24)22-6-13(16,17)18)23-10-4-3-8(5-9(10)15)14(19,20)21/h3-5,7,11,23H,6H2,1-2H3,(H,22,24)/t11-/m0/s1. The lowest BCUT2D eigenvalue weighted by Gasteiger charge is -2.24.